The van der Waals surface area contributed by atoms with Crippen LogP contribution in [0.25, 0.3) is 38.6 Å². The van der Waals surface area contributed by atoms with E-state index in [2.05, 4.69) is 130 Å². The fourth-order valence-electron chi connectivity index (χ4n) is 11.3. The standard InChI is InChI=1S/C48H52IN2O3/c1-31-21-39-38-15-6-9-16-41(38)50(19-12-20-52-5)44-23-32(2)24-45(51-42-17-10-7-13-36(42)37-14-8-11-18-43(37)51)47(44)54-49(3,4)53-46(39)40(22-31)48-28-33-25-34(29-48)27-35(26-33)30-48/h6-11,13-18,21-24,33-35H,12,19-20,25-30H2,1-5H3/q-1. The summed E-state index contributed by atoms with van der Waals surface area (Å²) in [6.45, 7) is 5.97. The van der Waals surface area contributed by atoms with Crippen LogP contribution >= 0.6 is 0 Å². The van der Waals surface area contributed by atoms with E-state index in [9.17, 15) is 0 Å². The van der Waals surface area contributed by atoms with Gasteiger partial charge in [0.25, 0.3) is 0 Å². The second kappa shape index (κ2) is 13.0. The Hall–Kier alpha value is -4.01. The van der Waals surface area contributed by atoms with Crippen LogP contribution in [0.1, 0.15) is 61.6 Å². The average molecular weight is 832 g/mol. The number of nitrogens with zero attached hydrogens (tertiary/aromatic N) is 2. The summed E-state index contributed by atoms with van der Waals surface area (Å²) >= 11 is -3.52. The van der Waals surface area contributed by atoms with Crippen molar-refractivity contribution >= 4 is 33.2 Å². The number of anilines is 2. The molecule has 0 unspecified atom stereocenters. The predicted octanol–water partition coefficient (Wildman–Crippen LogP) is 8.73. The second-order valence-corrected chi connectivity index (χ2v) is 24.0. The maximum atomic E-state index is 7.67. The van der Waals surface area contributed by atoms with E-state index >= 15 is 0 Å². The number of para-hydroxylation sites is 3. The van der Waals surface area contributed by atoms with Gasteiger partial charge >= 0.3 is 327 Å². The van der Waals surface area contributed by atoms with Crippen LogP contribution < -0.4 is 30.3 Å². The van der Waals surface area contributed by atoms with Crippen molar-refractivity contribution in [2.24, 2.45) is 17.8 Å². The molecule has 0 radical (unpaired) electrons. The number of aromatic nitrogens is 1. The summed E-state index contributed by atoms with van der Waals surface area (Å²) in [4.78, 5) is 7.11. The van der Waals surface area contributed by atoms with Gasteiger partial charge in [-0.05, 0) is 0 Å². The number of halogens is 1. The van der Waals surface area contributed by atoms with E-state index in [0.717, 1.165) is 53.6 Å². The molecular weight excluding hydrogens is 779 g/mol. The van der Waals surface area contributed by atoms with Crippen molar-refractivity contribution in [2.75, 3.05) is 35.0 Å². The van der Waals surface area contributed by atoms with E-state index < -0.39 is 19.3 Å². The number of hydrogen-bond donors (Lipinski definition) is 0. The van der Waals surface area contributed by atoms with Crippen LogP contribution in [0.5, 0.6) is 11.5 Å². The number of methoxy groups -OCH3 is 1. The first-order valence-corrected chi connectivity index (χ1v) is 26.0. The molecule has 1 aliphatic heterocycles. The van der Waals surface area contributed by atoms with Crippen molar-refractivity contribution < 1.29 is 30.1 Å². The van der Waals surface area contributed by atoms with E-state index in [1.54, 1.807) is 7.11 Å². The summed E-state index contributed by atoms with van der Waals surface area (Å²) in [7, 11) is 1.80. The zero-order valence-corrected chi connectivity index (χ0v) is 34.5. The van der Waals surface area contributed by atoms with Crippen LogP contribution in [0.15, 0.2) is 97.1 Å². The van der Waals surface area contributed by atoms with Gasteiger partial charge < -0.3 is 0 Å². The molecule has 6 heteroatoms. The third-order valence-electron chi connectivity index (χ3n) is 12.9. The van der Waals surface area contributed by atoms with Gasteiger partial charge in [0, 0.05) is 0 Å². The first-order chi connectivity index (χ1) is 26.2. The molecule has 11 rings (SSSR count). The van der Waals surface area contributed by atoms with Crippen LogP contribution in [0.2, 0.25) is 0 Å². The third-order valence-corrected chi connectivity index (χ3v) is 15.9. The van der Waals surface area contributed by atoms with Crippen LogP contribution in [-0.2, 0) is 10.2 Å². The Morgan fingerprint density at radius 1 is 0.667 bits per heavy atom. The van der Waals surface area contributed by atoms with E-state index in [-0.39, 0.29) is 5.41 Å². The molecule has 0 N–H and O–H groups in total. The van der Waals surface area contributed by atoms with Gasteiger partial charge in [0.05, 0.1) is 0 Å². The minimum absolute atomic E-state index is 0.169. The first-order valence-electron chi connectivity index (χ1n) is 19.9. The summed E-state index contributed by atoms with van der Waals surface area (Å²) in [6.07, 6.45) is 9.00. The topological polar surface area (TPSA) is 35.9 Å². The Bertz CT molecular complexity index is 2340. The van der Waals surface area contributed by atoms with Crippen molar-refractivity contribution in [1.29, 1.82) is 0 Å². The second-order valence-electron chi connectivity index (χ2n) is 17.1. The van der Waals surface area contributed by atoms with Gasteiger partial charge in [0.1, 0.15) is 0 Å². The molecular formula is C48H52IN2O3-. The summed E-state index contributed by atoms with van der Waals surface area (Å²) in [5.41, 5.74) is 12.2. The number of aryl methyl sites for hydroxylation is 2. The fraction of sp³-hybridized carbons (Fsp3) is 0.375. The molecule has 0 spiro atoms. The Morgan fingerprint density at radius 3 is 1.91 bits per heavy atom. The maximum absolute atomic E-state index is 7.67. The van der Waals surface area contributed by atoms with Crippen LogP contribution in [-0.4, -0.2) is 34.7 Å². The SMILES string of the molecule is COCCCN1c2ccccc2-c2cc(C)cc(C34CC5CC(CC(C5)C3)C4)c2O[I-](C)(C)Oc2c1cc(C)cc2-n1c2ccccc2c2ccccc21. The Kier molecular flexibility index (Phi) is 8.33. The number of rotatable bonds is 6. The zero-order valence-electron chi connectivity index (χ0n) is 32.3. The van der Waals surface area contributed by atoms with Crippen LogP contribution in [0, 0.1) is 31.6 Å². The molecule has 0 amide bonds. The molecule has 5 nitrogen and oxygen atoms in total. The Balaban J connectivity index is 1.25. The molecule has 4 aliphatic carbocycles. The molecule has 6 aromatic rings. The van der Waals surface area contributed by atoms with E-state index in [0.29, 0.717) is 6.61 Å². The summed E-state index contributed by atoms with van der Waals surface area (Å²) in [6, 6.07) is 36.1. The monoisotopic (exact) mass is 831 g/mol. The molecule has 4 saturated carbocycles. The average Bonchev–Trinajstić information content (AvgIpc) is 3.48. The number of ether oxygens (including phenoxy) is 1. The van der Waals surface area contributed by atoms with Gasteiger partial charge in [-0.3, -0.25) is 0 Å². The number of alkyl halides is 2. The van der Waals surface area contributed by atoms with Gasteiger partial charge in [-0.15, -0.1) is 0 Å². The molecule has 4 bridgehead atoms. The molecule has 0 atom stereocenters. The molecule has 1 aromatic heterocycles. The molecule has 54 heavy (non-hydrogen) atoms. The summed E-state index contributed by atoms with van der Waals surface area (Å²) in [5, 5.41) is 2.48. The molecule has 5 aliphatic rings. The van der Waals surface area contributed by atoms with Gasteiger partial charge in [0.15, 0.2) is 0 Å². The number of fused-ring (bicyclic) bond motifs is 7. The molecule has 4 fully saturated rings. The molecule has 280 valence electrons. The van der Waals surface area contributed by atoms with Gasteiger partial charge in [-0.2, -0.15) is 0 Å². The quantitative estimate of drug-likeness (QED) is 0.0957. The first kappa shape index (κ1) is 34.5. The zero-order chi connectivity index (χ0) is 36.8. The number of hydrogen-bond acceptors (Lipinski definition) is 4. The molecule has 5 aromatic carbocycles. The fourth-order valence-corrected chi connectivity index (χ4v) is 14.5. The van der Waals surface area contributed by atoms with E-state index in [4.69, 9.17) is 10.9 Å². The van der Waals surface area contributed by atoms with Crippen molar-refractivity contribution in [1.82, 2.24) is 4.57 Å². The van der Waals surface area contributed by atoms with Gasteiger partial charge in [-0.25, -0.2) is 0 Å². The van der Waals surface area contributed by atoms with E-state index in [1.165, 1.54) is 93.8 Å². The van der Waals surface area contributed by atoms with Crippen LogP contribution in [0.4, 0.5) is 11.4 Å². The van der Waals surface area contributed by atoms with E-state index in [1.807, 2.05) is 0 Å². The summed E-state index contributed by atoms with van der Waals surface area (Å²) in [5.74, 6) is 4.49. The van der Waals surface area contributed by atoms with Gasteiger partial charge in [-0.1, -0.05) is 0 Å². The van der Waals surface area contributed by atoms with Crippen LogP contribution in [0.3, 0.4) is 0 Å². The minimum atomic E-state index is -3.52. The van der Waals surface area contributed by atoms with Crippen molar-refractivity contribution in [2.45, 2.75) is 64.2 Å². The molecule has 0 saturated heterocycles. The predicted molar refractivity (Wildman–Crippen MR) is 219 cm³/mol. The summed E-state index contributed by atoms with van der Waals surface area (Å²) < 4.78 is 23.4. The van der Waals surface area contributed by atoms with Crippen molar-refractivity contribution in [3.05, 3.63) is 114 Å². The normalized spacial score (nSPS) is 24.4. The van der Waals surface area contributed by atoms with Crippen molar-refractivity contribution in [3.8, 4) is 28.3 Å². The Morgan fingerprint density at radius 2 is 1.24 bits per heavy atom. The number of benzene rings is 5. The Labute approximate surface area is 325 Å². The van der Waals surface area contributed by atoms with Crippen molar-refractivity contribution in [3.63, 3.8) is 0 Å². The van der Waals surface area contributed by atoms with Gasteiger partial charge in [0.2, 0.25) is 0 Å². The molecule has 2 heterocycles. The third kappa shape index (κ3) is 5.65.